The largest absolute Gasteiger partial charge is 0.487 e. The molecule has 0 amide bonds. The highest BCUT2D eigenvalue weighted by atomic mass is 16.5. The Hall–Kier alpha value is -1.56. The smallest absolute Gasteiger partial charge is 0.182 e. The second-order valence-electron chi connectivity index (χ2n) is 3.43. The maximum absolute atomic E-state index is 8.88. The third-order valence-corrected chi connectivity index (χ3v) is 2.20. The van der Waals surface area contributed by atoms with Crippen LogP contribution in [-0.4, -0.2) is 11.1 Å². The Labute approximate surface area is 83.3 Å². The van der Waals surface area contributed by atoms with Gasteiger partial charge in [0.1, 0.15) is 6.07 Å². The molecule has 14 heavy (non-hydrogen) atoms. The van der Waals surface area contributed by atoms with Crippen molar-refractivity contribution in [2.45, 2.75) is 32.3 Å². The molecular weight excluding hydrogens is 176 g/mol. The van der Waals surface area contributed by atoms with Crippen molar-refractivity contribution in [3.63, 3.8) is 0 Å². The summed E-state index contributed by atoms with van der Waals surface area (Å²) in [6.45, 7) is 2.02. The lowest BCUT2D eigenvalue weighted by Crippen LogP contribution is -2.01. The quantitative estimate of drug-likeness (QED) is 0.729. The van der Waals surface area contributed by atoms with Gasteiger partial charge >= 0.3 is 0 Å². The third kappa shape index (κ3) is 1.85. The molecule has 0 N–H and O–H groups in total. The molecule has 0 spiro atoms. The van der Waals surface area contributed by atoms with E-state index in [1.54, 1.807) is 0 Å². The van der Waals surface area contributed by atoms with Crippen molar-refractivity contribution in [2.75, 3.05) is 0 Å². The minimum absolute atomic E-state index is 0.316. The number of nitrogens with zero attached hydrogens (tertiary/aromatic N) is 2. The first-order valence-corrected chi connectivity index (χ1v) is 4.90. The average Bonchev–Trinajstić information content (AvgIpc) is 3.02. The molecule has 0 aliphatic heterocycles. The summed E-state index contributed by atoms with van der Waals surface area (Å²) in [5.41, 5.74) is 1.35. The molecule has 72 valence electrons. The summed E-state index contributed by atoms with van der Waals surface area (Å²) in [7, 11) is 0. The zero-order valence-corrected chi connectivity index (χ0v) is 8.16. The minimum atomic E-state index is 0.316. The van der Waals surface area contributed by atoms with Crippen molar-refractivity contribution in [3.8, 4) is 11.8 Å². The van der Waals surface area contributed by atoms with E-state index in [1.165, 1.54) is 0 Å². The van der Waals surface area contributed by atoms with Gasteiger partial charge in [-0.15, -0.1) is 0 Å². The van der Waals surface area contributed by atoms with E-state index in [0.717, 1.165) is 25.0 Å². The van der Waals surface area contributed by atoms with Crippen LogP contribution in [0.1, 0.15) is 31.2 Å². The Morgan fingerprint density at radius 3 is 2.93 bits per heavy atom. The summed E-state index contributed by atoms with van der Waals surface area (Å²) < 4.78 is 5.56. The molecule has 3 heteroatoms. The summed E-state index contributed by atoms with van der Waals surface area (Å²) in [4.78, 5) is 4.20. The molecule has 1 aromatic rings. The van der Waals surface area contributed by atoms with E-state index < -0.39 is 0 Å². The van der Waals surface area contributed by atoms with E-state index in [4.69, 9.17) is 10.00 Å². The maximum Gasteiger partial charge on any atom is 0.182 e. The van der Waals surface area contributed by atoms with E-state index in [0.29, 0.717) is 17.5 Å². The Bertz CT molecular complexity index is 377. The Balaban J connectivity index is 2.25. The first-order valence-electron chi connectivity index (χ1n) is 4.90. The Kier molecular flexibility index (Phi) is 2.36. The van der Waals surface area contributed by atoms with Crippen LogP contribution in [0, 0.1) is 11.3 Å². The van der Waals surface area contributed by atoms with Crippen molar-refractivity contribution in [3.05, 3.63) is 23.5 Å². The van der Waals surface area contributed by atoms with E-state index in [2.05, 4.69) is 11.1 Å². The van der Waals surface area contributed by atoms with Gasteiger partial charge in [0.2, 0.25) is 0 Å². The van der Waals surface area contributed by atoms with Crippen LogP contribution in [0.3, 0.4) is 0 Å². The van der Waals surface area contributed by atoms with Gasteiger partial charge in [-0.25, -0.2) is 4.98 Å². The van der Waals surface area contributed by atoms with Crippen LogP contribution in [0.25, 0.3) is 0 Å². The summed E-state index contributed by atoms with van der Waals surface area (Å²) in [5.74, 6) is 0.632. The van der Waals surface area contributed by atoms with Crippen LogP contribution < -0.4 is 4.74 Å². The highest BCUT2D eigenvalue weighted by Crippen LogP contribution is 2.28. The molecule has 2 rings (SSSR count). The third-order valence-electron chi connectivity index (χ3n) is 2.20. The lowest BCUT2D eigenvalue weighted by Gasteiger charge is -2.06. The number of aryl methyl sites for hydroxylation is 1. The van der Waals surface area contributed by atoms with Crippen molar-refractivity contribution in [1.29, 1.82) is 5.26 Å². The van der Waals surface area contributed by atoms with Crippen LogP contribution in [0.15, 0.2) is 12.1 Å². The van der Waals surface area contributed by atoms with E-state index in [1.807, 2.05) is 19.1 Å². The van der Waals surface area contributed by atoms with Crippen molar-refractivity contribution in [2.24, 2.45) is 0 Å². The molecule has 0 atom stereocenters. The molecule has 1 heterocycles. The predicted octanol–water partition coefficient (Wildman–Crippen LogP) is 2.06. The van der Waals surface area contributed by atoms with Crippen molar-refractivity contribution < 1.29 is 4.74 Å². The fraction of sp³-hybridized carbons (Fsp3) is 0.455. The highest BCUT2D eigenvalue weighted by Gasteiger charge is 2.24. The van der Waals surface area contributed by atoms with Gasteiger partial charge in [-0.3, -0.25) is 0 Å². The van der Waals surface area contributed by atoms with E-state index in [-0.39, 0.29) is 0 Å². The molecule has 0 unspecified atom stereocenters. The number of ether oxygens (including phenoxy) is 1. The molecule has 1 saturated carbocycles. The number of nitriles is 1. The van der Waals surface area contributed by atoms with Crippen molar-refractivity contribution in [1.82, 2.24) is 4.98 Å². The number of hydrogen-bond donors (Lipinski definition) is 0. The Morgan fingerprint density at radius 1 is 1.57 bits per heavy atom. The standard InChI is InChI=1S/C11H12N2O/c1-2-8-3-6-11(10(7-12)13-8)14-9-4-5-9/h3,6,9H,2,4-5H2,1H3. The molecule has 1 aromatic heterocycles. The molecule has 0 bridgehead atoms. The maximum atomic E-state index is 8.88. The predicted molar refractivity (Wildman–Crippen MR) is 52.0 cm³/mol. The van der Waals surface area contributed by atoms with E-state index in [9.17, 15) is 0 Å². The summed E-state index contributed by atoms with van der Waals surface area (Å²) in [6.07, 6.45) is 3.36. The van der Waals surface area contributed by atoms with Gasteiger partial charge in [0.05, 0.1) is 6.10 Å². The fourth-order valence-electron chi connectivity index (χ4n) is 1.22. The number of rotatable bonds is 3. The van der Waals surface area contributed by atoms with Crippen LogP contribution >= 0.6 is 0 Å². The van der Waals surface area contributed by atoms with Gasteiger partial charge < -0.3 is 4.74 Å². The van der Waals surface area contributed by atoms with Crippen LogP contribution in [0.5, 0.6) is 5.75 Å². The number of pyridine rings is 1. The first kappa shape index (κ1) is 9.01. The molecule has 0 aromatic carbocycles. The SMILES string of the molecule is CCc1ccc(OC2CC2)c(C#N)n1. The zero-order valence-electron chi connectivity index (χ0n) is 8.16. The van der Waals surface area contributed by atoms with E-state index >= 15 is 0 Å². The lowest BCUT2D eigenvalue weighted by atomic mass is 10.2. The molecule has 0 radical (unpaired) electrons. The minimum Gasteiger partial charge on any atom is -0.487 e. The zero-order chi connectivity index (χ0) is 9.97. The highest BCUT2D eigenvalue weighted by molar-refractivity contribution is 5.38. The van der Waals surface area contributed by atoms with Gasteiger partial charge in [0.15, 0.2) is 11.4 Å². The van der Waals surface area contributed by atoms with Gasteiger partial charge in [-0.05, 0) is 31.4 Å². The van der Waals surface area contributed by atoms with Gasteiger partial charge in [0, 0.05) is 5.69 Å². The molecule has 0 saturated heterocycles. The molecule has 1 aliphatic rings. The monoisotopic (exact) mass is 188 g/mol. The summed E-state index contributed by atoms with van der Waals surface area (Å²) in [6, 6.07) is 5.83. The molecule has 3 nitrogen and oxygen atoms in total. The second-order valence-corrected chi connectivity index (χ2v) is 3.43. The van der Waals surface area contributed by atoms with Crippen LogP contribution in [-0.2, 0) is 6.42 Å². The molecular formula is C11H12N2O. The first-order chi connectivity index (χ1) is 6.83. The molecule has 1 aliphatic carbocycles. The second kappa shape index (κ2) is 3.67. The topological polar surface area (TPSA) is 45.9 Å². The van der Waals surface area contributed by atoms with Gasteiger partial charge in [-0.1, -0.05) is 6.92 Å². The average molecular weight is 188 g/mol. The van der Waals surface area contributed by atoms with Crippen molar-refractivity contribution >= 4 is 0 Å². The van der Waals surface area contributed by atoms with Gasteiger partial charge in [0.25, 0.3) is 0 Å². The Morgan fingerprint density at radius 2 is 2.36 bits per heavy atom. The number of aromatic nitrogens is 1. The summed E-state index contributed by atoms with van der Waals surface area (Å²) >= 11 is 0. The normalized spacial score (nSPS) is 14.9. The lowest BCUT2D eigenvalue weighted by molar-refractivity contribution is 0.301. The van der Waals surface area contributed by atoms with Crippen LogP contribution in [0.2, 0.25) is 0 Å². The van der Waals surface area contributed by atoms with Gasteiger partial charge in [-0.2, -0.15) is 5.26 Å². The van der Waals surface area contributed by atoms with Crippen LogP contribution in [0.4, 0.5) is 0 Å². The fourth-order valence-corrected chi connectivity index (χ4v) is 1.22. The molecule has 1 fully saturated rings. The summed E-state index contributed by atoms with van der Waals surface area (Å²) in [5, 5.41) is 8.88. The number of hydrogen-bond acceptors (Lipinski definition) is 3.